The fraction of sp³-hybridized carbons (Fsp3) is 0.568. The molecule has 14 heteroatoms. The van der Waals surface area contributed by atoms with Crippen LogP contribution in [0.25, 0.3) is 21.1 Å². The molecular weight excluding hydrogens is 696 g/mol. The number of carbonyl (C=O) groups excluding carboxylic acids is 1. The molecule has 5 heterocycles. The molecule has 274 valence electrons. The summed E-state index contributed by atoms with van der Waals surface area (Å²) in [6.07, 6.45) is 0.314. The average molecular weight is 742 g/mol. The summed E-state index contributed by atoms with van der Waals surface area (Å²) in [5.74, 6) is 1.00. The minimum absolute atomic E-state index is 0.0713. The van der Waals surface area contributed by atoms with Crippen molar-refractivity contribution in [2.75, 3.05) is 18.4 Å². The number of alkyl halides is 3. The SMILES string of the molecule is C[C@@H]1CC(CCn2c(C#N)cc3c(S)c(CN4CCC(Nc5ncnc6sc(CC(F)(F)F)cc56)CC4)ccc32)C[C@@H](C)N1C(=O)OC(C)(C)C. The van der Waals surface area contributed by atoms with Gasteiger partial charge < -0.3 is 19.5 Å². The number of nitrogens with zero attached hydrogens (tertiary/aromatic N) is 6. The Morgan fingerprint density at radius 1 is 1.10 bits per heavy atom. The molecule has 9 nitrogen and oxygen atoms in total. The monoisotopic (exact) mass is 741 g/mol. The van der Waals surface area contributed by atoms with E-state index in [9.17, 15) is 23.2 Å². The van der Waals surface area contributed by atoms with E-state index in [1.165, 1.54) is 6.33 Å². The highest BCUT2D eigenvalue weighted by molar-refractivity contribution is 7.80. The van der Waals surface area contributed by atoms with Crippen molar-refractivity contribution in [2.45, 2.75) is 121 Å². The molecular formula is C37H46F3N7O2S2. The summed E-state index contributed by atoms with van der Waals surface area (Å²) in [4.78, 5) is 27.3. The number of amides is 1. The first-order chi connectivity index (χ1) is 24.1. The highest BCUT2D eigenvalue weighted by Crippen LogP contribution is 2.36. The van der Waals surface area contributed by atoms with Crippen LogP contribution >= 0.6 is 24.0 Å². The highest BCUT2D eigenvalue weighted by Gasteiger charge is 2.36. The molecule has 1 aromatic carbocycles. The van der Waals surface area contributed by atoms with Gasteiger partial charge in [-0.1, -0.05) is 6.07 Å². The van der Waals surface area contributed by atoms with Gasteiger partial charge in [-0.15, -0.1) is 24.0 Å². The van der Waals surface area contributed by atoms with E-state index < -0.39 is 18.2 Å². The van der Waals surface area contributed by atoms with E-state index in [0.29, 0.717) is 34.2 Å². The lowest BCUT2D eigenvalue weighted by molar-refractivity contribution is -0.126. The molecule has 1 N–H and O–H groups in total. The summed E-state index contributed by atoms with van der Waals surface area (Å²) < 4.78 is 46.7. The Morgan fingerprint density at radius 2 is 1.80 bits per heavy atom. The minimum Gasteiger partial charge on any atom is -0.444 e. The van der Waals surface area contributed by atoms with Gasteiger partial charge >= 0.3 is 12.3 Å². The van der Waals surface area contributed by atoms with Gasteiger partial charge in [0.2, 0.25) is 0 Å². The summed E-state index contributed by atoms with van der Waals surface area (Å²) in [6.45, 7) is 13.0. The molecule has 2 saturated heterocycles. The first-order valence-corrected chi connectivity index (χ1v) is 18.9. The summed E-state index contributed by atoms with van der Waals surface area (Å²) in [5, 5.41) is 15.1. The second-order valence-corrected chi connectivity index (χ2v) is 16.7. The van der Waals surface area contributed by atoms with E-state index >= 15 is 0 Å². The van der Waals surface area contributed by atoms with E-state index in [4.69, 9.17) is 17.4 Å². The van der Waals surface area contributed by atoms with Crippen molar-refractivity contribution in [1.82, 2.24) is 24.3 Å². The van der Waals surface area contributed by atoms with E-state index in [0.717, 1.165) is 84.4 Å². The largest absolute Gasteiger partial charge is 0.444 e. The third-order valence-electron chi connectivity index (χ3n) is 10.00. The number of likely N-dealkylation sites (tertiary alicyclic amines) is 2. The first kappa shape index (κ1) is 37.2. The van der Waals surface area contributed by atoms with Crippen LogP contribution < -0.4 is 5.32 Å². The maximum Gasteiger partial charge on any atom is 0.410 e. The molecule has 2 aliphatic rings. The van der Waals surface area contributed by atoms with Crippen molar-refractivity contribution >= 4 is 57.0 Å². The van der Waals surface area contributed by atoms with E-state index in [1.54, 1.807) is 6.07 Å². The van der Waals surface area contributed by atoms with Crippen molar-refractivity contribution in [3.8, 4) is 6.07 Å². The molecule has 0 unspecified atom stereocenters. The van der Waals surface area contributed by atoms with Gasteiger partial charge in [-0.05, 0) is 96.4 Å². The number of aryl methyl sites for hydroxylation is 1. The van der Waals surface area contributed by atoms with Gasteiger partial charge in [0.05, 0.1) is 17.3 Å². The van der Waals surface area contributed by atoms with Gasteiger partial charge in [0, 0.05) is 59.5 Å². The lowest BCUT2D eigenvalue weighted by Gasteiger charge is -2.43. The van der Waals surface area contributed by atoms with Gasteiger partial charge in [0.25, 0.3) is 0 Å². The Hall–Kier alpha value is -3.54. The zero-order valence-electron chi connectivity index (χ0n) is 29.8. The molecule has 2 aliphatic heterocycles. The maximum absolute atomic E-state index is 13.0. The summed E-state index contributed by atoms with van der Waals surface area (Å²) in [5.41, 5.74) is 2.18. The Balaban J connectivity index is 1.06. The summed E-state index contributed by atoms with van der Waals surface area (Å²) >= 11 is 6.02. The van der Waals surface area contributed by atoms with Gasteiger partial charge in [0.15, 0.2) is 0 Å². The fourth-order valence-electron chi connectivity index (χ4n) is 7.75. The van der Waals surface area contributed by atoms with Crippen LogP contribution in [0, 0.1) is 17.2 Å². The third-order valence-corrected chi connectivity index (χ3v) is 11.6. The molecule has 0 radical (unpaired) electrons. The van der Waals surface area contributed by atoms with Crippen molar-refractivity contribution in [3.63, 3.8) is 0 Å². The number of hydrogen-bond donors (Lipinski definition) is 2. The molecule has 0 bridgehead atoms. The molecule has 0 saturated carbocycles. The molecule has 1 amide bonds. The Morgan fingerprint density at radius 3 is 2.45 bits per heavy atom. The van der Waals surface area contributed by atoms with Crippen molar-refractivity contribution in [1.29, 1.82) is 5.26 Å². The van der Waals surface area contributed by atoms with E-state index in [1.807, 2.05) is 31.7 Å². The zero-order valence-corrected chi connectivity index (χ0v) is 31.5. The predicted molar refractivity (Wildman–Crippen MR) is 197 cm³/mol. The number of rotatable bonds is 8. The standard InChI is InChI=1S/C37H46F3N7O2S2/c1-22-14-24(15-23(2)47(22)35(48)49-36(3,4)5)8-13-46-27(19-41)16-29-31(46)7-6-25(32(29)50)20-45-11-9-26(10-12-45)44-33-30-17-28(18-37(38,39)40)51-34(30)43-21-42-33/h6-7,16-17,21-24,26,50H,8-15,18,20H2,1-5H3,(H,42,43,44)/t22-,23-/m1/s1. The fourth-order valence-corrected chi connectivity index (χ4v) is 9.10. The number of nitriles is 1. The number of ether oxygens (including phenoxy) is 1. The number of nitrogens with one attached hydrogen (secondary N) is 1. The number of benzene rings is 1. The molecule has 0 spiro atoms. The van der Waals surface area contributed by atoms with Crippen LogP contribution in [0.15, 0.2) is 35.5 Å². The average Bonchev–Trinajstić information content (AvgIpc) is 3.61. The topological polar surface area (TPSA) is 99.3 Å². The maximum atomic E-state index is 13.0. The highest BCUT2D eigenvalue weighted by atomic mass is 32.1. The summed E-state index contributed by atoms with van der Waals surface area (Å²) in [7, 11) is 0. The molecule has 3 aromatic heterocycles. The zero-order chi connectivity index (χ0) is 36.7. The molecule has 4 aromatic rings. The van der Waals surface area contributed by atoms with Crippen LogP contribution in [0.3, 0.4) is 0 Å². The normalized spacial score (nSPS) is 20.9. The van der Waals surface area contributed by atoms with Crippen LogP contribution in [0.4, 0.5) is 23.8 Å². The molecule has 0 aliphatic carbocycles. The predicted octanol–water partition coefficient (Wildman–Crippen LogP) is 8.80. The van der Waals surface area contributed by atoms with Crippen LogP contribution in [0.5, 0.6) is 0 Å². The van der Waals surface area contributed by atoms with Crippen LogP contribution in [0.2, 0.25) is 0 Å². The number of fused-ring (bicyclic) bond motifs is 2. The van der Waals surface area contributed by atoms with Crippen LogP contribution in [0.1, 0.15) is 82.9 Å². The van der Waals surface area contributed by atoms with E-state index in [2.05, 4.69) is 56.8 Å². The lowest BCUT2D eigenvalue weighted by Crippen LogP contribution is -2.51. The number of halogens is 3. The van der Waals surface area contributed by atoms with Crippen molar-refractivity contribution in [2.24, 2.45) is 5.92 Å². The second-order valence-electron chi connectivity index (χ2n) is 15.2. The Labute approximate surface area is 306 Å². The first-order valence-electron chi connectivity index (χ1n) is 17.6. The third kappa shape index (κ3) is 8.75. The van der Waals surface area contributed by atoms with Crippen molar-refractivity contribution < 1.29 is 22.7 Å². The van der Waals surface area contributed by atoms with Crippen LogP contribution in [-0.4, -0.2) is 73.4 Å². The number of thiol groups is 1. The van der Waals surface area contributed by atoms with Gasteiger partial charge in [-0.3, -0.25) is 4.90 Å². The smallest absolute Gasteiger partial charge is 0.410 e. The van der Waals surface area contributed by atoms with Gasteiger partial charge in [-0.25, -0.2) is 14.8 Å². The van der Waals surface area contributed by atoms with Crippen LogP contribution in [-0.2, 0) is 24.2 Å². The van der Waals surface area contributed by atoms with Crippen molar-refractivity contribution in [3.05, 3.63) is 46.7 Å². The number of carbonyl (C=O) groups is 1. The van der Waals surface area contributed by atoms with Gasteiger partial charge in [0.1, 0.15) is 34.3 Å². The number of aromatic nitrogens is 3. The molecule has 6 rings (SSSR count). The molecule has 2 fully saturated rings. The number of thiophene rings is 1. The second kappa shape index (κ2) is 14.8. The quantitative estimate of drug-likeness (QED) is 0.174. The minimum atomic E-state index is -4.27. The molecule has 51 heavy (non-hydrogen) atoms. The van der Waals surface area contributed by atoms with E-state index in [-0.39, 0.29) is 29.1 Å². The molecule has 2 atom stereocenters. The lowest BCUT2D eigenvalue weighted by atomic mass is 9.85. The number of hydrogen-bond acceptors (Lipinski definition) is 9. The Bertz CT molecular complexity index is 1910. The Kier molecular flexibility index (Phi) is 10.8. The van der Waals surface area contributed by atoms with Gasteiger partial charge in [-0.2, -0.15) is 18.4 Å². The summed E-state index contributed by atoms with van der Waals surface area (Å²) in [6, 6.07) is 10.4. The number of piperidine rings is 2. The number of anilines is 1.